The van der Waals surface area contributed by atoms with Crippen molar-refractivity contribution in [3.63, 3.8) is 0 Å². The van der Waals surface area contributed by atoms with E-state index >= 15 is 0 Å². The molecule has 0 aromatic carbocycles. The molecule has 0 saturated carbocycles. The maximum Gasteiger partial charge on any atom is 0.433 e. The van der Waals surface area contributed by atoms with Crippen molar-refractivity contribution in [2.24, 2.45) is 5.84 Å². The van der Waals surface area contributed by atoms with Gasteiger partial charge in [-0.2, -0.15) is 18.2 Å². The van der Waals surface area contributed by atoms with E-state index in [1.165, 1.54) is 0 Å². The number of hydrazine groups is 1. The van der Waals surface area contributed by atoms with Gasteiger partial charge in [-0.3, -0.25) is 5.43 Å². The summed E-state index contributed by atoms with van der Waals surface area (Å²) >= 11 is 0. The number of nitrogens with two attached hydrogens (primary N) is 1. The highest BCUT2D eigenvalue weighted by Crippen LogP contribution is 2.29. The molecule has 1 aromatic rings. The Kier molecular flexibility index (Phi) is 5.82. The van der Waals surface area contributed by atoms with E-state index in [2.05, 4.69) is 20.0 Å². The highest BCUT2D eigenvalue weighted by Gasteiger charge is 2.33. The maximum absolute atomic E-state index is 12.5. The molecular formula is C9H12F5N5O. The smallest absolute Gasteiger partial charge is 0.374 e. The van der Waals surface area contributed by atoms with Crippen LogP contribution in [0.5, 0.6) is 0 Å². The van der Waals surface area contributed by atoms with Crippen LogP contribution in [0.3, 0.4) is 0 Å². The first kappa shape index (κ1) is 16.3. The first-order valence-corrected chi connectivity index (χ1v) is 5.35. The van der Waals surface area contributed by atoms with Gasteiger partial charge in [0.05, 0.1) is 6.61 Å². The van der Waals surface area contributed by atoms with E-state index < -0.39 is 30.9 Å². The third-order valence-corrected chi connectivity index (χ3v) is 1.94. The van der Waals surface area contributed by atoms with Crippen molar-refractivity contribution in [2.75, 3.05) is 30.5 Å². The molecule has 11 heteroatoms. The zero-order chi connectivity index (χ0) is 15.2. The van der Waals surface area contributed by atoms with Crippen LogP contribution in [0.4, 0.5) is 33.7 Å². The number of halogens is 5. The Labute approximate surface area is 110 Å². The molecule has 0 aliphatic rings. The Morgan fingerprint density at radius 2 is 2.00 bits per heavy atom. The molecule has 4 N–H and O–H groups in total. The molecule has 0 aliphatic carbocycles. The first-order chi connectivity index (χ1) is 9.32. The van der Waals surface area contributed by atoms with Gasteiger partial charge in [0.25, 0.3) is 6.43 Å². The molecular weight excluding hydrogens is 289 g/mol. The van der Waals surface area contributed by atoms with Crippen LogP contribution in [-0.4, -0.2) is 36.2 Å². The van der Waals surface area contributed by atoms with E-state index in [4.69, 9.17) is 5.84 Å². The average molecular weight is 301 g/mol. The molecule has 0 fully saturated rings. The van der Waals surface area contributed by atoms with Gasteiger partial charge in [0.2, 0.25) is 5.95 Å². The summed E-state index contributed by atoms with van der Waals surface area (Å²) in [6, 6.07) is 0.675. The van der Waals surface area contributed by atoms with E-state index in [1.807, 2.05) is 5.43 Å². The number of anilines is 2. The lowest BCUT2D eigenvalue weighted by Crippen LogP contribution is -2.18. The first-order valence-electron chi connectivity index (χ1n) is 5.35. The van der Waals surface area contributed by atoms with E-state index in [0.29, 0.717) is 6.07 Å². The van der Waals surface area contributed by atoms with E-state index in [0.717, 1.165) is 0 Å². The van der Waals surface area contributed by atoms with Crippen molar-refractivity contribution in [1.82, 2.24) is 9.97 Å². The van der Waals surface area contributed by atoms with Gasteiger partial charge >= 0.3 is 6.18 Å². The van der Waals surface area contributed by atoms with Crippen LogP contribution in [-0.2, 0) is 10.9 Å². The van der Waals surface area contributed by atoms with Crippen LogP contribution in [0, 0.1) is 0 Å². The number of nitrogens with one attached hydrogen (secondary N) is 2. The van der Waals surface area contributed by atoms with Crippen molar-refractivity contribution < 1.29 is 26.7 Å². The molecule has 0 radical (unpaired) electrons. The Bertz CT molecular complexity index is 428. The summed E-state index contributed by atoms with van der Waals surface area (Å²) in [7, 11) is 0. The average Bonchev–Trinajstić information content (AvgIpc) is 2.36. The van der Waals surface area contributed by atoms with Gasteiger partial charge in [-0.25, -0.2) is 19.6 Å². The Morgan fingerprint density at radius 1 is 1.30 bits per heavy atom. The van der Waals surface area contributed by atoms with Crippen LogP contribution in [0.25, 0.3) is 0 Å². The van der Waals surface area contributed by atoms with E-state index in [9.17, 15) is 22.0 Å². The fraction of sp³-hybridized carbons (Fsp3) is 0.556. The molecule has 20 heavy (non-hydrogen) atoms. The molecule has 0 amide bonds. The molecule has 0 aliphatic heterocycles. The lowest BCUT2D eigenvalue weighted by Gasteiger charge is -2.11. The number of hydrogen-bond acceptors (Lipinski definition) is 6. The van der Waals surface area contributed by atoms with Gasteiger partial charge in [-0.15, -0.1) is 0 Å². The molecule has 0 bridgehead atoms. The number of hydrogen-bond donors (Lipinski definition) is 3. The normalized spacial score (nSPS) is 11.8. The van der Waals surface area contributed by atoms with E-state index in [-0.39, 0.29) is 19.0 Å². The number of rotatable bonds is 7. The minimum absolute atomic E-state index is 0.00500. The fourth-order valence-electron chi connectivity index (χ4n) is 1.17. The van der Waals surface area contributed by atoms with Gasteiger partial charge in [0.1, 0.15) is 12.4 Å². The lowest BCUT2D eigenvalue weighted by atomic mass is 10.4. The molecule has 1 rings (SSSR count). The van der Waals surface area contributed by atoms with Crippen molar-refractivity contribution in [2.45, 2.75) is 12.6 Å². The monoisotopic (exact) mass is 301 g/mol. The second kappa shape index (κ2) is 7.14. The lowest BCUT2D eigenvalue weighted by molar-refractivity contribution is -0.141. The summed E-state index contributed by atoms with van der Waals surface area (Å²) in [6.07, 6.45) is -7.25. The molecule has 0 saturated heterocycles. The fourth-order valence-corrected chi connectivity index (χ4v) is 1.17. The van der Waals surface area contributed by atoms with Gasteiger partial charge < -0.3 is 10.1 Å². The number of ether oxygens (including phenoxy) is 1. The minimum Gasteiger partial charge on any atom is -0.374 e. The Balaban J connectivity index is 2.61. The third-order valence-electron chi connectivity index (χ3n) is 1.94. The van der Waals surface area contributed by atoms with Crippen LogP contribution in [0.1, 0.15) is 5.69 Å². The van der Waals surface area contributed by atoms with Gasteiger partial charge in [-0.05, 0) is 0 Å². The summed E-state index contributed by atoms with van der Waals surface area (Å²) in [5.41, 5.74) is 0.720. The van der Waals surface area contributed by atoms with Crippen molar-refractivity contribution in [3.05, 3.63) is 11.8 Å². The second-order valence-corrected chi connectivity index (χ2v) is 3.50. The number of nitrogens with zero attached hydrogens (tertiary/aromatic N) is 2. The molecule has 0 spiro atoms. The topological polar surface area (TPSA) is 85.1 Å². The Hall–Kier alpha value is -1.75. The van der Waals surface area contributed by atoms with Crippen LogP contribution in [0.15, 0.2) is 6.07 Å². The molecule has 114 valence electrons. The van der Waals surface area contributed by atoms with E-state index in [1.54, 1.807) is 0 Å². The minimum atomic E-state index is -4.66. The van der Waals surface area contributed by atoms with Crippen molar-refractivity contribution >= 4 is 11.8 Å². The number of aromatic nitrogens is 2. The molecule has 1 heterocycles. The van der Waals surface area contributed by atoms with Gasteiger partial charge in [0.15, 0.2) is 5.69 Å². The predicted molar refractivity (Wildman–Crippen MR) is 60.2 cm³/mol. The maximum atomic E-state index is 12.5. The van der Waals surface area contributed by atoms with Gasteiger partial charge in [-0.1, -0.05) is 0 Å². The van der Waals surface area contributed by atoms with Crippen molar-refractivity contribution in [3.8, 4) is 0 Å². The zero-order valence-electron chi connectivity index (χ0n) is 10.0. The zero-order valence-corrected chi connectivity index (χ0v) is 10.0. The number of nitrogen functional groups attached to an aromatic ring is 1. The highest BCUT2D eigenvalue weighted by molar-refractivity contribution is 5.42. The Morgan fingerprint density at radius 3 is 2.55 bits per heavy atom. The van der Waals surface area contributed by atoms with Crippen LogP contribution >= 0.6 is 0 Å². The standard InChI is InChI=1S/C9H12F5N5O/c10-6(11)4-20-2-1-16-7-3-5(9(12,13)14)17-8(18-7)19-15/h3,6H,1-2,4,15H2,(H2,16,17,18,19). The molecule has 1 aromatic heterocycles. The van der Waals surface area contributed by atoms with Crippen LogP contribution < -0.4 is 16.6 Å². The second-order valence-electron chi connectivity index (χ2n) is 3.50. The molecule has 6 nitrogen and oxygen atoms in total. The molecule has 0 unspecified atom stereocenters. The quantitative estimate of drug-likeness (QED) is 0.306. The number of alkyl halides is 5. The largest absolute Gasteiger partial charge is 0.433 e. The summed E-state index contributed by atoms with van der Waals surface area (Å²) < 4.78 is 65.6. The third kappa shape index (κ3) is 5.48. The van der Waals surface area contributed by atoms with Crippen LogP contribution in [0.2, 0.25) is 0 Å². The predicted octanol–water partition coefficient (Wildman–Crippen LogP) is 1.47. The SMILES string of the molecule is NNc1nc(NCCOCC(F)F)cc(C(F)(F)F)n1. The summed E-state index contributed by atoms with van der Waals surface area (Å²) in [6.45, 7) is -0.846. The van der Waals surface area contributed by atoms with Crippen molar-refractivity contribution in [1.29, 1.82) is 0 Å². The van der Waals surface area contributed by atoms with Gasteiger partial charge in [0, 0.05) is 12.6 Å². The highest BCUT2D eigenvalue weighted by atomic mass is 19.4. The summed E-state index contributed by atoms with van der Waals surface area (Å²) in [4.78, 5) is 6.78. The summed E-state index contributed by atoms with van der Waals surface area (Å²) in [5, 5.41) is 2.49. The molecule has 0 atom stereocenters. The summed E-state index contributed by atoms with van der Waals surface area (Å²) in [5.74, 6) is 4.39.